The van der Waals surface area contributed by atoms with Crippen LogP contribution in [0.2, 0.25) is 0 Å². The maximum Gasteiger partial charge on any atom is 0.185 e. The van der Waals surface area contributed by atoms with Crippen LogP contribution in [0.1, 0.15) is 16.1 Å². The van der Waals surface area contributed by atoms with Crippen molar-refractivity contribution in [2.45, 2.75) is 6.04 Å². The first-order chi connectivity index (χ1) is 8.15. The summed E-state index contributed by atoms with van der Waals surface area (Å²) in [6.07, 6.45) is 3.44. The van der Waals surface area contributed by atoms with Crippen molar-refractivity contribution in [3.8, 4) is 0 Å². The summed E-state index contributed by atoms with van der Waals surface area (Å²) >= 11 is 0. The third-order valence-corrected chi connectivity index (χ3v) is 2.90. The monoisotopic (exact) mass is 225 g/mol. The van der Waals surface area contributed by atoms with Gasteiger partial charge in [0.05, 0.1) is 17.3 Å². The summed E-state index contributed by atoms with van der Waals surface area (Å²) in [6, 6.07) is 6.70. The molecule has 0 fully saturated rings. The van der Waals surface area contributed by atoms with E-state index in [9.17, 15) is 4.79 Å². The van der Waals surface area contributed by atoms with Gasteiger partial charge in [-0.05, 0) is 24.3 Å². The number of nitrogen functional groups attached to an aromatic ring is 1. The molecule has 84 valence electrons. The topological polar surface area (TPSA) is 82.0 Å². The van der Waals surface area contributed by atoms with Gasteiger partial charge in [0.25, 0.3) is 0 Å². The molecule has 4 N–H and O–H groups in total. The molecule has 1 aliphatic carbocycles. The highest BCUT2D eigenvalue weighted by Gasteiger charge is 2.21. The van der Waals surface area contributed by atoms with Crippen LogP contribution in [0, 0.1) is 0 Å². The van der Waals surface area contributed by atoms with Crippen LogP contribution in [0.15, 0.2) is 30.3 Å². The Hall–Kier alpha value is -2.20. The quantitative estimate of drug-likeness (QED) is 0.663. The number of hydrogen-bond acceptors (Lipinski definition) is 4. The third kappa shape index (κ3) is 1.50. The predicted molar refractivity (Wildman–Crippen MR) is 67.5 cm³/mol. The zero-order valence-corrected chi connectivity index (χ0v) is 9.05. The third-order valence-electron chi connectivity index (χ3n) is 2.90. The fourth-order valence-electron chi connectivity index (χ4n) is 1.99. The van der Waals surface area contributed by atoms with E-state index in [2.05, 4.69) is 4.98 Å². The van der Waals surface area contributed by atoms with Gasteiger partial charge in [-0.25, -0.2) is 4.98 Å². The van der Waals surface area contributed by atoms with Gasteiger partial charge in [0, 0.05) is 16.6 Å². The van der Waals surface area contributed by atoms with Crippen molar-refractivity contribution < 1.29 is 4.79 Å². The Balaban J connectivity index is 2.31. The Bertz CT molecular complexity index is 661. The summed E-state index contributed by atoms with van der Waals surface area (Å²) in [5.74, 6) is -0.0891. The molecule has 0 bridgehead atoms. The van der Waals surface area contributed by atoms with E-state index in [0.29, 0.717) is 16.9 Å². The zero-order chi connectivity index (χ0) is 12.0. The molecular weight excluding hydrogens is 214 g/mol. The summed E-state index contributed by atoms with van der Waals surface area (Å²) < 4.78 is 0. The van der Waals surface area contributed by atoms with Crippen LogP contribution in [0.5, 0.6) is 0 Å². The van der Waals surface area contributed by atoms with E-state index in [-0.39, 0.29) is 5.78 Å². The molecule has 0 aliphatic heterocycles. The minimum atomic E-state index is -0.560. The molecule has 0 saturated heterocycles. The molecule has 4 nitrogen and oxygen atoms in total. The number of hydrogen-bond donors (Lipinski definition) is 2. The molecule has 0 radical (unpaired) electrons. The van der Waals surface area contributed by atoms with Gasteiger partial charge in [-0.15, -0.1) is 0 Å². The van der Waals surface area contributed by atoms with Gasteiger partial charge in [0.2, 0.25) is 0 Å². The lowest BCUT2D eigenvalue weighted by Crippen LogP contribution is -2.31. The van der Waals surface area contributed by atoms with Crippen molar-refractivity contribution in [1.82, 2.24) is 4.98 Å². The van der Waals surface area contributed by atoms with Gasteiger partial charge in [-0.1, -0.05) is 12.1 Å². The van der Waals surface area contributed by atoms with E-state index in [1.54, 1.807) is 24.3 Å². The Morgan fingerprint density at radius 2 is 2.06 bits per heavy atom. The van der Waals surface area contributed by atoms with Crippen LogP contribution in [0.3, 0.4) is 0 Å². The fraction of sp³-hybridized carbons (Fsp3) is 0.0769. The molecule has 1 atom stereocenters. The van der Waals surface area contributed by atoms with Crippen LogP contribution in [0.4, 0.5) is 5.69 Å². The smallest absolute Gasteiger partial charge is 0.185 e. The fourth-order valence-corrected chi connectivity index (χ4v) is 1.99. The summed E-state index contributed by atoms with van der Waals surface area (Å²) in [6.45, 7) is 0. The molecule has 1 heterocycles. The van der Waals surface area contributed by atoms with Crippen LogP contribution in [-0.4, -0.2) is 16.8 Å². The van der Waals surface area contributed by atoms with Gasteiger partial charge in [-0.3, -0.25) is 4.79 Å². The number of carbonyl (C=O) groups excluding carboxylic acids is 1. The van der Waals surface area contributed by atoms with Crippen LogP contribution in [-0.2, 0) is 0 Å². The number of rotatable bonds is 0. The number of carbonyl (C=O) groups is 1. The molecule has 0 spiro atoms. The molecule has 2 aromatic rings. The number of Topliss-reactive ketones (excluding diaryl/α,β-unsaturated/α-hetero) is 1. The summed E-state index contributed by atoms with van der Waals surface area (Å²) in [5, 5.41) is 0.897. The normalized spacial score (nSPS) is 18.4. The second kappa shape index (κ2) is 3.40. The molecule has 17 heavy (non-hydrogen) atoms. The Labute approximate surface area is 97.9 Å². The van der Waals surface area contributed by atoms with E-state index in [1.807, 2.05) is 12.1 Å². The SMILES string of the molecule is Nc1ccc2cc3c(nc2c1)C=CC(N)C3=O. The largest absolute Gasteiger partial charge is 0.399 e. The first-order valence-electron chi connectivity index (χ1n) is 5.33. The van der Waals surface area contributed by atoms with E-state index in [4.69, 9.17) is 11.5 Å². The van der Waals surface area contributed by atoms with Crippen molar-refractivity contribution in [2.75, 3.05) is 5.73 Å². The van der Waals surface area contributed by atoms with Crippen LogP contribution < -0.4 is 11.5 Å². The molecule has 4 heteroatoms. The maximum atomic E-state index is 11.9. The van der Waals surface area contributed by atoms with Crippen molar-refractivity contribution in [1.29, 1.82) is 0 Å². The number of nitrogens with two attached hydrogens (primary N) is 2. The maximum absolute atomic E-state index is 11.9. The number of ketones is 1. The zero-order valence-electron chi connectivity index (χ0n) is 9.05. The van der Waals surface area contributed by atoms with E-state index in [0.717, 1.165) is 10.9 Å². The number of aromatic nitrogens is 1. The average molecular weight is 225 g/mol. The lowest BCUT2D eigenvalue weighted by molar-refractivity contribution is 0.0976. The van der Waals surface area contributed by atoms with Gasteiger partial charge in [-0.2, -0.15) is 0 Å². The lowest BCUT2D eigenvalue weighted by atomic mass is 9.95. The molecular formula is C13H11N3O. The molecule has 3 rings (SSSR count). The minimum absolute atomic E-state index is 0.0891. The highest BCUT2D eigenvalue weighted by atomic mass is 16.1. The van der Waals surface area contributed by atoms with Crippen molar-refractivity contribution >= 4 is 28.4 Å². The van der Waals surface area contributed by atoms with Crippen molar-refractivity contribution in [2.24, 2.45) is 5.73 Å². The average Bonchev–Trinajstić information content (AvgIpc) is 2.32. The number of fused-ring (bicyclic) bond motifs is 2. The summed E-state index contributed by atoms with van der Waals surface area (Å²) in [7, 11) is 0. The van der Waals surface area contributed by atoms with Crippen LogP contribution in [0.25, 0.3) is 17.0 Å². The number of anilines is 1. The van der Waals surface area contributed by atoms with Gasteiger partial charge in [0.1, 0.15) is 0 Å². The van der Waals surface area contributed by atoms with Crippen LogP contribution >= 0.6 is 0 Å². The second-order valence-electron chi connectivity index (χ2n) is 4.12. The van der Waals surface area contributed by atoms with Crippen molar-refractivity contribution in [3.63, 3.8) is 0 Å². The number of pyridine rings is 1. The van der Waals surface area contributed by atoms with E-state index < -0.39 is 6.04 Å². The molecule has 0 amide bonds. The van der Waals surface area contributed by atoms with Crippen molar-refractivity contribution in [3.05, 3.63) is 41.6 Å². The summed E-state index contributed by atoms with van der Waals surface area (Å²) in [4.78, 5) is 16.3. The molecule has 0 saturated carbocycles. The molecule has 1 aliphatic rings. The Kier molecular flexibility index (Phi) is 2.00. The van der Waals surface area contributed by atoms with E-state index in [1.165, 1.54) is 0 Å². The molecule has 1 aromatic carbocycles. The minimum Gasteiger partial charge on any atom is -0.399 e. The number of benzene rings is 1. The van der Waals surface area contributed by atoms with Gasteiger partial charge in [0.15, 0.2) is 5.78 Å². The first kappa shape index (κ1) is 9.99. The standard InChI is InChI=1S/C13H11N3O/c14-8-2-1-7-5-9-11(16-12(7)6-8)4-3-10(15)13(9)17/h1-6,10H,14-15H2. The summed E-state index contributed by atoms with van der Waals surface area (Å²) in [5.41, 5.74) is 14.1. The number of nitrogens with zero attached hydrogens (tertiary/aromatic N) is 1. The molecule has 1 aromatic heterocycles. The highest BCUT2D eigenvalue weighted by Crippen LogP contribution is 2.23. The van der Waals surface area contributed by atoms with Gasteiger partial charge < -0.3 is 11.5 Å². The predicted octanol–water partition coefficient (Wildman–Crippen LogP) is 1.35. The Morgan fingerprint density at radius 3 is 2.88 bits per heavy atom. The molecule has 1 unspecified atom stereocenters. The first-order valence-corrected chi connectivity index (χ1v) is 5.33. The second-order valence-corrected chi connectivity index (χ2v) is 4.12. The van der Waals surface area contributed by atoms with E-state index >= 15 is 0 Å². The lowest BCUT2D eigenvalue weighted by Gasteiger charge is -2.14. The Morgan fingerprint density at radius 1 is 1.24 bits per heavy atom. The highest BCUT2D eigenvalue weighted by molar-refractivity contribution is 6.08. The van der Waals surface area contributed by atoms with Gasteiger partial charge >= 0.3 is 0 Å².